The van der Waals surface area contributed by atoms with Crippen molar-refractivity contribution in [2.45, 2.75) is 18.9 Å². The molecule has 1 aromatic rings. The van der Waals surface area contributed by atoms with Gasteiger partial charge in [-0.25, -0.2) is 4.79 Å². The first-order chi connectivity index (χ1) is 9.52. The van der Waals surface area contributed by atoms with E-state index in [1.54, 1.807) is 18.2 Å². The second-order valence-electron chi connectivity index (χ2n) is 5.49. The van der Waals surface area contributed by atoms with E-state index in [4.69, 9.17) is 33.0 Å². The van der Waals surface area contributed by atoms with E-state index in [1.807, 2.05) is 0 Å². The maximum Gasteiger partial charge on any atom is 0.407 e. The van der Waals surface area contributed by atoms with Crippen molar-refractivity contribution in [1.29, 1.82) is 0 Å². The highest BCUT2D eigenvalue weighted by atomic mass is 35.5. The first kappa shape index (κ1) is 13.8. The van der Waals surface area contributed by atoms with Crippen molar-refractivity contribution < 1.29 is 14.6 Å². The number of nitrogens with zero attached hydrogens (tertiary/aromatic N) is 1. The summed E-state index contributed by atoms with van der Waals surface area (Å²) in [6, 6.07) is 5.20. The molecule has 108 valence electrons. The summed E-state index contributed by atoms with van der Waals surface area (Å²) >= 11 is 12.0. The van der Waals surface area contributed by atoms with Gasteiger partial charge >= 0.3 is 6.09 Å². The molecule has 0 radical (unpaired) electrons. The van der Waals surface area contributed by atoms with E-state index in [2.05, 4.69) is 0 Å². The third kappa shape index (κ3) is 2.67. The lowest BCUT2D eigenvalue weighted by Crippen LogP contribution is -2.29. The average Bonchev–Trinajstić information content (AvgIpc) is 2.90. The van der Waals surface area contributed by atoms with Gasteiger partial charge in [-0.15, -0.1) is 0 Å². The Balaban J connectivity index is 1.61. The Morgan fingerprint density at radius 1 is 1.25 bits per heavy atom. The van der Waals surface area contributed by atoms with Gasteiger partial charge in [-0.2, -0.15) is 0 Å². The number of amides is 1. The van der Waals surface area contributed by atoms with E-state index in [9.17, 15) is 4.79 Å². The van der Waals surface area contributed by atoms with E-state index >= 15 is 0 Å². The summed E-state index contributed by atoms with van der Waals surface area (Å²) in [7, 11) is 0. The van der Waals surface area contributed by atoms with Crippen molar-refractivity contribution in [1.82, 2.24) is 4.90 Å². The quantitative estimate of drug-likeness (QED) is 0.904. The fourth-order valence-corrected chi connectivity index (χ4v) is 3.70. The summed E-state index contributed by atoms with van der Waals surface area (Å²) in [6.45, 7) is 1.24. The molecule has 0 spiro atoms. The van der Waals surface area contributed by atoms with E-state index in [0.29, 0.717) is 40.7 Å². The van der Waals surface area contributed by atoms with E-state index in [-0.39, 0.29) is 6.10 Å². The molecule has 1 saturated heterocycles. The minimum absolute atomic E-state index is 0.111. The normalized spacial score (nSPS) is 28.5. The van der Waals surface area contributed by atoms with Crippen molar-refractivity contribution in [3.63, 3.8) is 0 Å². The second kappa shape index (κ2) is 5.34. The number of fused-ring (bicyclic) bond motifs is 1. The van der Waals surface area contributed by atoms with Crippen molar-refractivity contribution >= 4 is 29.3 Å². The molecule has 0 aromatic heterocycles. The standard InChI is InChI=1S/C14H15Cl2NO3/c15-10-1-2-13(12(16)5-10)20-11-3-8-6-17(14(18)19)7-9(8)4-11/h1-2,5,8-9,11H,3-4,6-7H2,(H,18,19)/t8-,9+,11?. The van der Waals surface area contributed by atoms with Crippen LogP contribution >= 0.6 is 23.2 Å². The number of benzene rings is 1. The minimum Gasteiger partial charge on any atom is -0.489 e. The Bertz CT molecular complexity index is 523. The molecule has 3 rings (SSSR count). The number of halogens is 2. The molecule has 20 heavy (non-hydrogen) atoms. The van der Waals surface area contributed by atoms with Gasteiger partial charge in [0.1, 0.15) is 5.75 Å². The number of carbonyl (C=O) groups is 1. The first-order valence-electron chi connectivity index (χ1n) is 6.62. The Hall–Kier alpha value is -1.13. The molecule has 0 bridgehead atoms. The number of ether oxygens (including phenoxy) is 1. The molecule has 4 nitrogen and oxygen atoms in total. The van der Waals surface area contributed by atoms with Gasteiger partial charge in [-0.1, -0.05) is 23.2 Å². The molecule has 1 unspecified atom stereocenters. The van der Waals surface area contributed by atoms with Gasteiger partial charge in [-0.05, 0) is 42.9 Å². The second-order valence-corrected chi connectivity index (χ2v) is 6.34. The molecule has 1 N–H and O–H groups in total. The molecule has 2 aliphatic rings. The van der Waals surface area contributed by atoms with Crippen molar-refractivity contribution in [2.24, 2.45) is 11.8 Å². The fraction of sp³-hybridized carbons (Fsp3) is 0.500. The highest BCUT2D eigenvalue weighted by molar-refractivity contribution is 6.35. The lowest BCUT2D eigenvalue weighted by atomic mass is 10.0. The maximum absolute atomic E-state index is 10.9. The topological polar surface area (TPSA) is 49.8 Å². The zero-order valence-electron chi connectivity index (χ0n) is 10.8. The fourth-order valence-electron chi connectivity index (χ4n) is 3.25. The predicted molar refractivity (Wildman–Crippen MR) is 76.7 cm³/mol. The van der Waals surface area contributed by atoms with Crippen LogP contribution in [0.4, 0.5) is 4.79 Å². The van der Waals surface area contributed by atoms with Crippen LogP contribution in [-0.2, 0) is 0 Å². The van der Waals surface area contributed by atoms with Crippen LogP contribution in [0.1, 0.15) is 12.8 Å². The molecule has 6 heteroatoms. The third-order valence-electron chi connectivity index (χ3n) is 4.17. The maximum atomic E-state index is 10.9. The van der Waals surface area contributed by atoms with E-state index < -0.39 is 6.09 Å². The van der Waals surface area contributed by atoms with Crippen molar-refractivity contribution in [2.75, 3.05) is 13.1 Å². The molecule has 1 heterocycles. The Kier molecular flexibility index (Phi) is 3.69. The lowest BCUT2D eigenvalue weighted by molar-refractivity contribution is 0.144. The summed E-state index contributed by atoms with van der Waals surface area (Å²) in [5.74, 6) is 1.46. The number of rotatable bonds is 2. The summed E-state index contributed by atoms with van der Waals surface area (Å²) in [4.78, 5) is 12.4. The number of carboxylic acid groups (broad SMARTS) is 1. The highest BCUT2D eigenvalue weighted by Gasteiger charge is 2.43. The van der Waals surface area contributed by atoms with Gasteiger partial charge in [0.2, 0.25) is 0 Å². The first-order valence-corrected chi connectivity index (χ1v) is 7.38. The van der Waals surface area contributed by atoms with Gasteiger partial charge in [0, 0.05) is 18.1 Å². The lowest BCUT2D eigenvalue weighted by Gasteiger charge is -2.18. The van der Waals surface area contributed by atoms with Crippen LogP contribution in [0.5, 0.6) is 5.75 Å². The van der Waals surface area contributed by atoms with Crippen molar-refractivity contribution in [3.8, 4) is 5.75 Å². The van der Waals surface area contributed by atoms with Crippen LogP contribution in [0, 0.1) is 11.8 Å². The Morgan fingerprint density at radius 3 is 2.45 bits per heavy atom. The molecule has 1 aromatic carbocycles. The van der Waals surface area contributed by atoms with Gasteiger partial charge in [-0.3, -0.25) is 0 Å². The van der Waals surface area contributed by atoms with Crippen molar-refractivity contribution in [3.05, 3.63) is 28.2 Å². The monoisotopic (exact) mass is 315 g/mol. The van der Waals surface area contributed by atoms with E-state index in [0.717, 1.165) is 12.8 Å². The largest absolute Gasteiger partial charge is 0.489 e. The Morgan fingerprint density at radius 2 is 1.90 bits per heavy atom. The van der Waals surface area contributed by atoms with Crippen LogP contribution in [0.25, 0.3) is 0 Å². The summed E-state index contributed by atoms with van der Waals surface area (Å²) in [5, 5.41) is 10.1. The summed E-state index contributed by atoms with van der Waals surface area (Å²) in [6.07, 6.45) is 1.05. The van der Waals surface area contributed by atoms with Crippen LogP contribution in [0.15, 0.2) is 18.2 Å². The van der Waals surface area contributed by atoms with Gasteiger partial charge < -0.3 is 14.7 Å². The SMILES string of the molecule is O=C(O)N1C[C@H]2CC(Oc3ccc(Cl)cc3Cl)C[C@H]2C1. The smallest absolute Gasteiger partial charge is 0.407 e. The minimum atomic E-state index is -0.822. The molecule has 3 atom stereocenters. The zero-order chi connectivity index (χ0) is 14.3. The molecule has 1 amide bonds. The average molecular weight is 316 g/mol. The van der Waals surface area contributed by atoms with Crippen LogP contribution < -0.4 is 4.74 Å². The molecule has 1 aliphatic heterocycles. The van der Waals surface area contributed by atoms with Gasteiger partial charge in [0.05, 0.1) is 11.1 Å². The van der Waals surface area contributed by atoms with Crippen LogP contribution in [-0.4, -0.2) is 35.3 Å². The zero-order valence-corrected chi connectivity index (χ0v) is 12.3. The number of hydrogen-bond donors (Lipinski definition) is 1. The molecular weight excluding hydrogens is 301 g/mol. The number of likely N-dealkylation sites (tertiary alicyclic amines) is 1. The molecule has 2 fully saturated rings. The van der Waals surface area contributed by atoms with Crippen LogP contribution in [0.3, 0.4) is 0 Å². The Labute approximate surface area is 127 Å². The van der Waals surface area contributed by atoms with E-state index in [1.165, 1.54) is 4.90 Å². The third-order valence-corrected chi connectivity index (χ3v) is 4.70. The van der Waals surface area contributed by atoms with Gasteiger partial charge in [0.25, 0.3) is 0 Å². The number of hydrogen-bond acceptors (Lipinski definition) is 2. The molecular formula is C14H15Cl2NO3. The van der Waals surface area contributed by atoms with Gasteiger partial charge in [0.15, 0.2) is 0 Å². The molecule has 1 saturated carbocycles. The predicted octanol–water partition coefficient (Wildman–Crippen LogP) is 3.76. The summed E-state index contributed by atoms with van der Waals surface area (Å²) in [5.41, 5.74) is 0. The summed E-state index contributed by atoms with van der Waals surface area (Å²) < 4.78 is 5.94. The highest BCUT2D eigenvalue weighted by Crippen LogP contribution is 2.40. The molecule has 1 aliphatic carbocycles. The van der Waals surface area contributed by atoms with Crippen LogP contribution in [0.2, 0.25) is 10.0 Å².